The van der Waals surface area contributed by atoms with Crippen LogP contribution >= 0.6 is 15.9 Å². The van der Waals surface area contributed by atoms with Crippen LogP contribution in [0.1, 0.15) is 66.2 Å². The van der Waals surface area contributed by atoms with Crippen LogP contribution in [-0.4, -0.2) is 19.8 Å². The van der Waals surface area contributed by atoms with Gasteiger partial charge < -0.3 is 4.43 Å². The van der Waals surface area contributed by atoms with Crippen LogP contribution in [-0.2, 0) is 4.43 Å². The first-order chi connectivity index (χ1) is 14.4. The van der Waals surface area contributed by atoms with E-state index in [1.807, 2.05) is 0 Å². The molecule has 0 N–H and O–H groups in total. The van der Waals surface area contributed by atoms with Gasteiger partial charge in [-0.1, -0.05) is 148 Å². The second-order valence-corrected chi connectivity index (χ2v) is 14.4. The standard InChI is InChI=1S/C27H37BrOSi/c1-5-6-7-8-11-17-24(28)18-16-23-29-30(27(2,3)4,25-19-12-9-13-20-25)26-21-14-10-15-22-26/h9-10,12-15,19-22,24H,5-8,11,17,23H2,1-4H3/t24-/m0/s1. The Hall–Kier alpha value is -1.34. The molecule has 2 rings (SSSR count). The van der Waals surface area contributed by atoms with Gasteiger partial charge in [-0.05, 0) is 21.8 Å². The normalized spacial score (nSPS) is 12.8. The molecule has 0 aliphatic carbocycles. The van der Waals surface area contributed by atoms with E-state index in [0.717, 1.165) is 6.42 Å². The van der Waals surface area contributed by atoms with Gasteiger partial charge in [-0.15, -0.1) is 0 Å². The molecule has 2 aromatic rings. The van der Waals surface area contributed by atoms with Gasteiger partial charge in [0.2, 0.25) is 0 Å². The predicted molar refractivity (Wildman–Crippen MR) is 137 cm³/mol. The van der Waals surface area contributed by atoms with Crippen molar-refractivity contribution < 1.29 is 4.43 Å². The molecule has 2 aromatic carbocycles. The summed E-state index contributed by atoms with van der Waals surface area (Å²) in [6, 6.07) is 21.5. The minimum Gasteiger partial charge on any atom is -0.396 e. The highest BCUT2D eigenvalue weighted by Gasteiger charge is 2.49. The van der Waals surface area contributed by atoms with Crippen LogP contribution in [0.5, 0.6) is 0 Å². The lowest BCUT2D eigenvalue weighted by molar-refractivity contribution is 0.346. The Morgan fingerprint density at radius 3 is 1.90 bits per heavy atom. The molecule has 30 heavy (non-hydrogen) atoms. The van der Waals surface area contributed by atoms with Gasteiger partial charge in [0.1, 0.15) is 0 Å². The van der Waals surface area contributed by atoms with Crippen molar-refractivity contribution in [3.8, 4) is 11.8 Å². The zero-order valence-corrected chi connectivity index (χ0v) is 21.7. The van der Waals surface area contributed by atoms with Gasteiger partial charge in [0, 0.05) is 0 Å². The summed E-state index contributed by atoms with van der Waals surface area (Å²) < 4.78 is 6.82. The third-order valence-electron chi connectivity index (χ3n) is 5.60. The van der Waals surface area contributed by atoms with Crippen molar-refractivity contribution in [2.45, 2.75) is 76.1 Å². The van der Waals surface area contributed by atoms with Gasteiger partial charge >= 0.3 is 0 Å². The third kappa shape index (κ3) is 6.84. The highest BCUT2D eigenvalue weighted by atomic mass is 79.9. The second-order valence-electron chi connectivity index (χ2n) is 8.94. The number of rotatable bonds is 10. The number of alkyl halides is 1. The first kappa shape index (κ1) is 24.9. The van der Waals surface area contributed by atoms with Crippen molar-refractivity contribution in [2.24, 2.45) is 0 Å². The molecule has 0 heterocycles. The van der Waals surface area contributed by atoms with E-state index in [1.165, 1.54) is 42.5 Å². The number of halogens is 1. The van der Waals surface area contributed by atoms with Gasteiger partial charge in [-0.25, -0.2) is 0 Å². The Bertz CT molecular complexity index is 747. The molecule has 0 fully saturated rings. The summed E-state index contributed by atoms with van der Waals surface area (Å²) in [7, 11) is -2.48. The Balaban J connectivity index is 2.16. The summed E-state index contributed by atoms with van der Waals surface area (Å²) in [4.78, 5) is 0.252. The first-order valence-corrected chi connectivity index (χ1v) is 14.1. The molecule has 0 amide bonds. The molecule has 0 bridgehead atoms. The van der Waals surface area contributed by atoms with E-state index in [0.29, 0.717) is 6.61 Å². The van der Waals surface area contributed by atoms with Gasteiger partial charge in [0.05, 0.1) is 11.4 Å². The van der Waals surface area contributed by atoms with E-state index in [4.69, 9.17) is 4.43 Å². The topological polar surface area (TPSA) is 9.23 Å². The molecule has 0 unspecified atom stereocenters. The number of benzene rings is 2. The zero-order chi connectivity index (χ0) is 21.9. The van der Waals surface area contributed by atoms with E-state index < -0.39 is 8.32 Å². The van der Waals surface area contributed by atoms with E-state index in [-0.39, 0.29) is 9.87 Å². The molecular weight excluding hydrogens is 448 g/mol. The Morgan fingerprint density at radius 2 is 1.40 bits per heavy atom. The van der Waals surface area contributed by atoms with Crippen molar-refractivity contribution in [1.82, 2.24) is 0 Å². The van der Waals surface area contributed by atoms with E-state index in [9.17, 15) is 0 Å². The maximum Gasteiger partial charge on any atom is 0.262 e. The second kappa shape index (κ2) is 12.5. The summed E-state index contributed by atoms with van der Waals surface area (Å²) in [5.74, 6) is 6.68. The van der Waals surface area contributed by atoms with Crippen LogP contribution in [0.3, 0.4) is 0 Å². The summed E-state index contributed by atoms with van der Waals surface area (Å²) in [6.45, 7) is 9.62. The van der Waals surface area contributed by atoms with E-state index >= 15 is 0 Å². The van der Waals surface area contributed by atoms with E-state index in [2.05, 4.69) is 116 Å². The quantitative estimate of drug-likeness (QED) is 0.158. The van der Waals surface area contributed by atoms with Crippen LogP contribution in [0.25, 0.3) is 0 Å². The molecule has 1 atom stereocenters. The fourth-order valence-electron chi connectivity index (χ4n) is 4.06. The lowest BCUT2D eigenvalue weighted by atomic mass is 10.1. The van der Waals surface area contributed by atoms with Gasteiger partial charge in [-0.3, -0.25) is 0 Å². The third-order valence-corrected chi connectivity index (χ3v) is 11.3. The minimum absolute atomic E-state index is 0.00946. The lowest BCUT2D eigenvalue weighted by Gasteiger charge is -2.42. The van der Waals surface area contributed by atoms with Crippen LogP contribution in [0.4, 0.5) is 0 Å². The van der Waals surface area contributed by atoms with Crippen molar-refractivity contribution in [1.29, 1.82) is 0 Å². The fraction of sp³-hybridized carbons (Fsp3) is 0.481. The summed E-state index contributed by atoms with van der Waals surface area (Å²) in [5, 5.41) is 2.60. The van der Waals surface area contributed by atoms with Crippen LogP contribution in [0, 0.1) is 11.8 Å². The van der Waals surface area contributed by atoms with Crippen LogP contribution in [0.2, 0.25) is 5.04 Å². The van der Waals surface area contributed by atoms with Crippen molar-refractivity contribution in [3.63, 3.8) is 0 Å². The van der Waals surface area contributed by atoms with Crippen molar-refractivity contribution in [3.05, 3.63) is 60.7 Å². The van der Waals surface area contributed by atoms with Gasteiger partial charge in [0.15, 0.2) is 0 Å². The van der Waals surface area contributed by atoms with Crippen LogP contribution < -0.4 is 10.4 Å². The fourth-order valence-corrected chi connectivity index (χ4v) is 8.99. The first-order valence-electron chi connectivity index (χ1n) is 11.3. The maximum absolute atomic E-state index is 6.82. The molecule has 0 aliphatic rings. The van der Waals surface area contributed by atoms with Crippen molar-refractivity contribution >= 4 is 34.6 Å². The number of hydrogen-bond acceptors (Lipinski definition) is 1. The molecule has 0 saturated heterocycles. The smallest absolute Gasteiger partial charge is 0.262 e. The molecular formula is C27H37BrOSi. The zero-order valence-electron chi connectivity index (χ0n) is 19.1. The van der Waals surface area contributed by atoms with Gasteiger partial charge in [0.25, 0.3) is 8.32 Å². The summed E-state index contributed by atoms with van der Waals surface area (Å²) >= 11 is 3.74. The number of hydrogen-bond donors (Lipinski definition) is 0. The predicted octanol–water partition coefficient (Wildman–Crippen LogP) is 6.69. The Labute approximate surface area is 193 Å². The molecule has 0 saturated carbocycles. The van der Waals surface area contributed by atoms with Crippen molar-refractivity contribution in [2.75, 3.05) is 6.61 Å². The molecule has 1 nitrogen and oxygen atoms in total. The molecule has 3 heteroatoms. The summed E-state index contributed by atoms with van der Waals surface area (Å²) in [6.07, 6.45) is 7.61. The highest BCUT2D eigenvalue weighted by molar-refractivity contribution is 9.09. The molecule has 0 radical (unpaired) electrons. The molecule has 0 spiro atoms. The van der Waals surface area contributed by atoms with Gasteiger partial charge in [-0.2, -0.15) is 0 Å². The van der Waals surface area contributed by atoms with E-state index in [1.54, 1.807) is 0 Å². The molecule has 0 aliphatic heterocycles. The SMILES string of the molecule is CCCCCCC[C@H](Br)C#CCO[Si](c1ccccc1)(c1ccccc1)C(C)(C)C. The average Bonchev–Trinajstić information content (AvgIpc) is 2.74. The Morgan fingerprint density at radius 1 is 0.867 bits per heavy atom. The molecule has 162 valence electrons. The monoisotopic (exact) mass is 484 g/mol. The molecule has 0 aromatic heterocycles. The van der Waals surface area contributed by atoms with Crippen LogP contribution in [0.15, 0.2) is 60.7 Å². The largest absolute Gasteiger partial charge is 0.396 e. The minimum atomic E-state index is -2.48. The lowest BCUT2D eigenvalue weighted by Crippen LogP contribution is -2.66. The Kier molecular flexibility index (Phi) is 10.4. The summed E-state index contributed by atoms with van der Waals surface area (Å²) in [5.41, 5.74) is 0. The average molecular weight is 486 g/mol. The highest BCUT2D eigenvalue weighted by Crippen LogP contribution is 2.36. The maximum atomic E-state index is 6.82. The number of unbranched alkanes of at least 4 members (excludes halogenated alkanes) is 4.